The molecule has 1 aliphatic rings. The molecule has 1 aromatic carbocycles. The molecular formula is C14H16FNO2. The number of halogens is 1. The van der Waals surface area contributed by atoms with Gasteiger partial charge in [0.2, 0.25) is 6.08 Å². The third-order valence-electron chi connectivity index (χ3n) is 3.60. The maximum Gasteiger partial charge on any atom is 0.235 e. The highest BCUT2D eigenvalue weighted by Gasteiger charge is 2.38. The van der Waals surface area contributed by atoms with Crippen LogP contribution < -0.4 is 4.74 Å². The predicted octanol–water partition coefficient (Wildman–Crippen LogP) is 3.25. The second-order valence-corrected chi connectivity index (χ2v) is 4.77. The first-order valence-corrected chi connectivity index (χ1v) is 6.06. The molecule has 4 heteroatoms. The van der Waals surface area contributed by atoms with Gasteiger partial charge in [-0.25, -0.2) is 9.18 Å². The summed E-state index contributed by atoms with van der Waals surface area (Å²) in [5, 5.41) is 0. The number of ether oxygens (including phenoxy) is 1. The van der Waals surface area contributed by atoms with Crippen LogP contribution in [0.3, 0.4) is 0 Å². The first kappa shape index (κ1) is 12.8. The molecule has 0 saturated heterocycles. The minimum Gasteiger partial charge on any atom is -0.494 e. The monoisotopic (exact) mass is 249 g/mol. The molecule has 1 saturated carbocycles. The Bertz CT molecular complexity index is 501. The van der Waals surface area contributed by atoms with E-state index in [1.54, 1.807) is 18.2 Å². The Kier molecular flexibility index (Phi) is 3.48. The zero-order chi connectivity index (χ0) is 13.2. The van der Waals surface area contributed by atoms with E-state index in [1.165, 1.54) is 7.11 Å². The Morgan fingerprint density at radius 3 is 2.61 bits per heavy atom. The number of hydrogen-bond donors (Lipinski definition) is 0. The van der Waals surface area contributed by atoms with E-state index in [0.29, 0.717) is 18.4 Å². The van der Waals surface area contributed by atoms with Crippen molar-refractivity contribution in [2.24, 2.45) is 4.99 Å². The van der Waals surface area contributed by atoms with E-state index in [4.69, 9.17) is 4.74 Å². The molecule has 18 heavy (non-hydrogen) atoms. The van der Waals surface area contributed by atoms with Gasteiger partial charge in [-0.2, -0.15) is 4.99 Å². The fourth-order valence-electron chi connectivity index (χ4n) is 2.71. The third-order valence-corrected chi connectivity index (χ3v) is 3.60. The van der Waals surface area contributed by atoms with Gasteiger partial charge in [0.25, 0.3) is 0 Å². The Morgan fingerprint density at radius 2 is 2.06 bits per heavy atom. The molecule has 0 unspecified atom stereocenters. The van der Waals surface area contributed by atoms with E-state index in [1.807, 2.05) is 6.92 Å². The summed E-state index contributed by atoms with van der Waals surface area (Å²) in [5.74, 6) is -0.207. The Labute approximate surface area is 106 Å². The molecule has 0 aromatic heterocycles. The lowest BCUT2D eigenvalue weighted by atomic mass is 9.87. The molecule has 0 spiro atoms. The molecule has 0 amide bonds. The Hall–Kier alpha value is -1.67. The predicted molar refractivity (Wildman–Crippen MR) is 66.0 cm³/mol. The fourth-order valence-corrected chi connectivity index (χ4v) is 2.71. The van der Waals surface area contributed by atoms with Crippen LogP contribution in [0.25, 0.3) is 0 Å². The van der Waals surface area contributed by atoms with E-state index in [2.05, 4.69) is 4.99 Å². The smallest absolute Gasteiger partial charge is 0.235 e. The second-order valence-electron chi connectivity index (χ2n) is 4.77. The number of benzene rings is 1. The van der Waals surface area contributed by atoms with Crippen molar-refractivity contribution in [1.29, 1.82) is 0 Å². The quantitative estimate of drug-likeness (QED) is 0.609. The van der Waals surface area contributed by atoms with Gasteiger partial charge in [-0.3, -0.25) is 0 Å². The summed E-state index contributed by atoms with van der Waals surface area (Å²) < 4.78 is 19.4. The fraction of sp³-hybridized carbons (Fsp3) is 0.500. The van der Waals surface area contributed by atoms with Crippen molar-refractivity contribution in [3.05, 3.63) is 29.1 Å². The maximum absolute atomic E-state index is 14.4. The third kappa shape index (κ3) is 2.04. The summed E-state index contributed by atoms with van der Waals surface area (Å²) in [6.45, 7) is 1.87. The normalized spacial score (nSPS) is 17.3. The van der Waals surface area contributed by atoms with E-state index in [-0.39, 0.29) is 5.75 Å². The SMILES string of the molecule is COc1cc(C)cc(C2(N=C=O)CCCC2)c1F. The number of aliphatic imine (C=N–C) groups is 1. The van der Waals surface area contributed by atoms with Crippen molar-refractivity contribution in [2.45, 2.75) is 38.1 Å². The molecule has 96 valence electrons. The van der Waals surface area contributed by atoms with Crippen LogP contribution in [0.5, 0.6) is 5.75 Å². The van der Waals surface area contributed by atoms with E-state index >= 15 is 0 Å². The molecule has 0 heterocycles. The van der Waals surface area contributed by atoms with Gasteiger partial charge in [-0.15, -0.1) is 0 Å². The molecule has 2 rings (SSSR count). The molecule has 1 fully saturated rings. The molecule has 1 aromatic rings. The largest absolute Gasteiger partial charge is 0.494 e. The van der Waals surface area contributed by atoms with Crippen LogP contribution >= 0.6 is 0 Å². The van der Waals surface area contributed by atoms with E-state index in [9.17, 15) is 9.18 Å². The highest BCUT2D eigenvalue weighted by atomic mass is 19.1. The minimum atomic E-state index is -0.745. The van der Waals surface area contributed by atoms with Crippen molar-refractivity contribution in [3.63, 3.8) is 0 Å². The number of isocyanates is 1. The summed E-state index contributed by atoms with van der Waals surface area (Å²) in [4.78, 5) is 14.5. The number of rotatable bonds is 3. The highest BCUT2D eigenvalue weighted by molar-refractivity contribution is 5.44. The molecule has 0 atom stereocenters. The molecule has 0 aliphatic heterocycles. The van der Waals surface area contributed by atoms with E-state index in [0.717, 1.165) is 18.4 Å². The van der Waals surface area contributed by atoms with Crippen LogP contribution in [0.15, 0.2) is 17.1 Å². The van der Waals surface area contributed by atoms with Gasteiger partial charge >= 0.3 is 0 Å². The second kappa shape index (κ2) is 4.91. The van der Waals surface area contributed by atoms with Crippen LogP contribution in [0, 0.1) is 12.7 Å². The van der Waals surface area contributed by atoms with Crippen molar-refractivity contribution < 1.29 is 13.9 Å². The molecule has 1 aliphatic carbocycles. The van der Waals surface area contributed by atoms with Gasteiger partial charge < -0.3 is 4.74 Å². The lowest BCUT2D eigenvalue weighted by molar-refractivity contribution is 0.368. The van der Waals surface area contributed by atoms with Crippen molar-refractivity contribution in [2.75, 3.05) is 7.11 Å². The van der Waals surface area contributed by atoms with Crippen LogP contribution in [0.4, 0.5) is 4.39 Å². The highest BCUT2D eigenvalue weighted by Crippen LogP contribution is 2.44. The van der Waals surface area contributed by atoms with E-state index < -0.39 is 11.4 Å². The van der Waals surface area contributed by atoms with Gasteiger partial charge in [0, 0.05) is 5.56 Å². The van der Waals surface area contributed by atoms with Gasteiger partial charge in [-0.05, 0) is 31.4 Å². The number of methoxy groups -OCH3 is 1. The summed E-state index contributed by atoms with van der Waals surface area (Å²) in [6, 6.07) is 3.40. The van der Waals surface area contributed by atoms with Gasteiger partial charge in [0.15, 0.2) is 11.6 Å². The lowest BCUT2D eigenvalue weighted by Crippen LogP contribution is -2.21. The number of hydrogen-bond acceptors (Lipinski definition) is 3. The van der Waals surface area contributed by atoms with Gasteiger partial charge in [0.1, 0.15) is 5.54 Å². The average Bonchev–Trinajstić information content (AvgIpc) is 2.81. The Morgan fingerprint density at radius 1 is 1.39 bits per heavy atom. The Balaban J connectivity index is 2.61. The summed E-state index contributed by atoms with van der Waals surface area (Å²) in [7, 11) is 1.44. The topological polar surface area (TPSA) is 38.7 Å². The molecule has 0 bridgehead atoms. The van der Waals surface area contributed by atoms with Crippen molar-refractivity contribution >= 4 is 6.08 Å². The average molecular weight is 249 g/mol. The van der Waals surface area contributed by atoms with Crippen LogP contribution in [0.1, 0.15) is 36.8 Å². The molecule has 0 N–H and O–H groups in total. The first-order chi connectivity index (χ1) is 8.63. The lowest BCUT2D eigenvalue weighted by Gasteiger charge is -2.24. The zero-order valence-electron chi connectivity index (χ0n) is 10.6. The first-order valence-electron chi connectivity index (χ1n) is 6.06. The van der Waals surface area contributed by atoms with Crippen molar-refractivity contribution in [1.82, 2.24) is 0 Å². The number of nitrogens with zero attached hydrogens (tertiary/aromatic N) is 1. The molecular weight excluding hydrogens is 233 g/mol. The number of aryl methyl sites for hydroxylation is 1. The molecule has 0 radical (unpaired) electrons. The minimum absolute atomic E-state index is 0.206. The van der Waals surface area contributed by atoms with Gasteiger partial charge in [-0.1, -0.05) is 18.9 Å². The zero-order valence-corrected chi connectivity index (χ0v) is 10.6. The van der Waals surface area contributed by atoms with Gasteiger partial charge in [0.05, 0.1) is 7.11 Å². The van der Waals surface area contributed by atoms with Crippen molar-refractivity contribution in [3.8, 4) is 5.75 Å². The molecule has 3 nitrogen and oxygen atoms in total. The van der Waals surface area contributed by atoms with Crippen LogP contribution in [-0.4, -0.2) is 13.2 Å². The maximum atomic E-state index is 14.4. The van der Waals surface area contributed by atoms with Crippen LogP contribution in [-0.2, 0) is 10.3 Å². The summed E-state index contributed by atoms with van der Waals surface area (Å²) in [6.07, 6.45) is 4.86. The standard InChI is InChI=1S/C14H16FNO2/c1-10-7-11(13(15)12(8-10)18-2)14(16-9-17)5-3-4-6-14/h7-8H,3-6H2,1-2H3. The summed E-state index contributed by atoms with van der Waals surface area (Å²) in [5.41, 5.74) is 0.612. The summed E-state index contributed by atoms with van der Waals surface area (Å²) >= 11 is 0. The number of carbonyl (C=O) groups excluding carboxylic acids is 1. The van der Waals surface area contributed by atoms with Crippen LogP contribution in [0.2, 0.25) is 0 Å².